The van der Waals surface area contributed by atoms with E-state index in [2.05, 4.69) is 0 Å². The number of hydrogen-bond acceptors (Lipinski definition) is 2. The van der Waals surface area contributed by atoms with Crippen molar-refractivity contribution < 1.29 is 9.53 Å². The maximum absolute atomic E-state index is 10.7. The maximum Gasteiger partial charge on any atom is 0.309 e. The van der Waals surface area contributed by atoms with Gasteiger partial charge in [0.1, 0.15) is 0 Å². The Morgan fingerprint density at radius 2 is 2.18 bits per heavy atom. The third kappa shape index (κ3) is 6.84. The summed E-state index contributed by atoms with van der Waals surface area (Å²) < 4.78 is 4.71. The van der Waals surface area contributed by atoms with Crippen molar-refractivity contribution in [3.05, 3.63) is 24.3 Å². The molecule has 0 aromatic carbocycles. The molecule has 0 bridgehead atoms. The summed E-state index contributed by atoms with van der Waals surface area (Å²) in [6, 6.07) is 0. The lowest BCUT2D eigenvalue weighted by Gasteiger charge is -1.95. The first-order valence-corrected chi connectivity index (χ1v) is 3.74. The number of esters is 1. The number of carbonyl (C=O) groups is 1. The lowest BCUT2D eigenvalue weighted by atomic mass is 10.3. The highest BCUT2D eigenvalue weighted by molar-refractivity contribution is 5.71. The predicted molar refractivity (Wildman–Crippen MR) is 45.2 cm³/mol. The van der Waals surface area contributed by atoms with E-state index in [9.17, 15) is 4.79 Å². The molecule has 0 spiro atoms. The van der Waals surface area contributed by atoms with Crippen molar-refractivity contribution in [2.45, 2.75) is 20.3 Å². The first-order valence-electron chi connectivity index (χ1n) is 3.74. The van der Waals surface area contributed by atoms with Gasteiger partial charge < -0.3 is 4.74 Å². The lowest BCUT2D eigenvalue weighted by molar-refractivity contribution is -0.142. The van der Waals surface area contributed by atoms with Gasteiger partial charge in [0, 0.05) is 0 Å². The number of ether oxygens (including phenoxy) is 1. The topological polar surface area (TPSA) is 26.3 Å². The third-order valence-corrected chi connectivity index (χ3v) is 1.03. The minimum Gasteiger partial charge on any atom is -0.466 e. The van der Waals surface area contributed by atoms with Gasteiger partial charge in [-0.05, 0) is 13.8 Å². The van der Waals surface area contributed by atoms with Crippen molar-refractivity contribution in [1.29, 1.82) is 0 Å². The Kier molecular flexibility index (Phi) is 6.39. The maximum atomic E-state index is 10.7. The molecular weight excluding hydrogens is 140 g/mol. The summed E-state index contributed by atoms with van der Waals surface area (Å²) in [5, 5.41) is 0. The van der Waals surface area contributed by atoms with Gasteiger partial charge in [-0.3, -0.25) is 4.79 Å². The molecule has 0 aliphatic rings. The number of rotatable bonds is 4. The molecule has 0 heterocycles. The van der Waals surface area contributed by atoms with Gasteiger partial charge in [-0.2, -0.15) is 0 Å². The van der Waals surface area contributed by atoms with Gasteiger partial charge in [0.25, 0.3) is 0 Å². The van der Waals surface area contributed by atoms with Crippen LogP contribution in [0.25, 0.3) is 0 Å². The second kappa shape index (κ2) is 7.06. The highest BCUT2D eigenvalue weighted by Gasteiger charge is 1.94. The van der Waals surface area contributed by atoms with Crippen LogP contribution in [-0.4, -0.2) is 12.6 Å². The minimum atomic E-state index is -0.173. The SMILES string of the molecule is CC=CC=CCC(=O)OCC. The molecule has 0 aliphatic heterocycles. The van der Waals surface area contributed by atoms with Crippen molar-refractivity contribution >= 4 is 5.97 Å². The van der Waals surface area contributed by atoms with Gasteiger partial charge >= 0.3 is 5.97 Å². The van der Waals surface area contributed by atoms with Crippen molar-refractivity contribution in [1.82, 2.24) is 0 Å². The Bertz CT molecular complexity index is 157. The van der Waals surface area contributed by atoms with Gasteiger partial charge in [-0.15, -0.1) is 0 Å². The van der Waals surface area contributed by atoms with Gasteiger partial charge in [0.05, 0.1) is 13.0 Å². The number of allylic oxidation sites excluding steroid dienone is 3. The first-order chi connectivity index (χ1) is 5.31. The second-order valence-corrected chi connectivity index (χ2v) is 1.96. The van der Waals surface area contributed by atoms with E-state index in [4.69, 9.17) is 4.74 Å². The van der Waals surface area contributed by atoms with E-state index in [-0.39, 0.29) is 5.97 Å². The van der Waals surface area contributed by atoms with Crippen LogP contribution in [0.1, 0.15) is 20.3 Å². The molecule has 2 nitrogen and oxygen atoms in total. The molecule has 0 N–H and O–H groups in total. The summed E-state index contributed by atoms with van der Waals surface area (Å²) in [5.41, 5.74) is 0. The molecule has 2 heteroatoms. The molecule has 0 saturated heterocycles. The highest BCUT2D eigenvalue weighted by Crippen LogP contribution is 1.88. The van der Waals surface area contributed by atoms with E-state index in [0.29, 0.717) is 13.0 Å². The Labute approximate surface area is 67.6 Å². The molecule has 0 rings (SSSR count). The lowest BCUT2D eigenvalue weighted by Crippen LogP contribution is -2.01. The standard InChI is InChI=1S/C9H14O2/c1-3-5-6-7-8-9(10)11-4-2/h3,5-7H,4,8H2,1-2H3. The minimum absolute atomic E-state index is 0.173. The van der Waals surface area contributed by atoms with Crippen LogP contribution in [0, 0.1) is 0 Å². The zero-order valence-electron chi connectivity index (χ0n) is 7.04. The normalized spacial score (nSPS) is 11.1. The fraction of sp³-hybridized carbons (Fsp3) is 0.444. The van der Waals surface area contributed by atoms with Crippen molar-refractivity contribution in [3.8, 4) is 0 Å². The van der Waals surface area contributed by atoms with Crippen LogP contribution in [0.3, 0.4) is 0 Å². The molecule has 0 aromatic heterocycles. The molecule has 0 aromatic rings. The summed E-state index contributed by atoms with van der Waals surface area (Å²) in [4.78, 5) is 10.7. The molecular formula is C9H14O2. The van der Waals surface area contributed by atoms with Gasteiger partial charge in [0.15, 0.2) is 0 Å². The fourth-order valence-electron chi connectivity index (χ4n) is 0.574. The van der Waals surface area contributed by atoms with Crippen LogP contribution in [0.2, 0.25) is 0 Å². The van der Waals surface area contributed by atoms with E-state index in [1.807, 2.05) is 25.2 Å². The first kappa shape index (κ1) is 9.95. The van der Waals surface area contributed by atoms with Crippen LogP contribution in [0.5, 0.6) is 0 Å². The quantitative estimate of drug-likeness (QED) is 0.457. The summed E-state index contributed by atoms with van der Waals surface area (Å²) in [5.74, 6) is -0.173. The summed E-state index contributed by atoms with van der Waals surface area (Å²) in [7, 11) is 0. The molecule has 0 fully saturated rings. The number of carbonyl (C=O) groups excluding carboxylic acids is 1. The summed E-state index contributed by atoms with van der Waals surface area (Å²) >= 11 is 0. The average Bonchev–Trinajstić information content (AvgIpc) is 1.99. The van der Waals surface area contributed by atoms with Crippen molar-refractivity contribution in [2.75, 3.05) is 6.61 Å². The van der Waals surface area contributed by atoms with E-state index in [1.54, 1.807) is 13.0 Å². The average molecular weight is 154 g/mol. The summed E-state index contributed by atoms with van der Waals surface area (Å²) in [6.45, 7) is 4.18. The van der Waals surface area contributed by atoms with Crippen LogP contribution < -0.4 is 0 Å². The largest absolute Gasteiger partial charge is 0.466 e. The smallest absolute Gasteiger partial charge is 0.309 e. The van der Waals surface area contributed by atoms with E-state index >= 15 is 0 Å². The molecule has 0 unspecified atom stereocenters. The van der Waals surface area contributed by atoms with Gasteiger partial charge in [-0.1, -0.05) is 24.3 Å². The number of hydrogen-bond donors (Lipinski definition) is 0. The van der Waals surface area contributed by atoms with Crippen LogP contribution in [-0.2, 0) is 9.53 Å². The third-order valence-electron chi connectivity index (χ3n) is 1.03. The Balaban J connectivity index is 3.44. The van der Waals surface area contributed by atoms with E-state index in [1.165, 1.54) is 0 Å². The molecule has 0 saturated carbocycles. The van der Waals surface area contributed by atoms with Gasteiger partial charge in [-0.25, -0.2) is 0 Å². The zero-order chi connectivity index (χ0) is 8.53. The van der Waals surface area contributed by atoms with E-state index in [0.717, 1.165) is 0 Å². The summed E-state index contributed by atoms with van der Waals surface area (Å²) in [6.07, 6.45) is 7.74. The Morgan fingerprint density at radius 3 is 2.73 bits per heavy atom. The Morgan fingerprint density at radius 1 is 1.45 bits per heavy atom. The molecule has 11 heavy (non-hydrogen) atoms. The van der Waals surface area contributed by atoms with Crippen molar-refractivity contribution in [3.63, 3.8) is 0 Å². The molecule has 0 aliphatic carbocycles. The highest BCUT2D eigenvalue weighted by atomic mass is 16.5. The van der Waals surface area contributed by atoms with E-state index < -0.39 is 0 Å². The van der Waals surface area contributed by atoms with Crippen LogP contribution in [0.4, 0.5) is 0 Å². The zero-order valence-corrected chi connectivity index (χ0v) is 7.04. The molecule has 0 radical (unpaired) electrons. The molecule has 0 amide bonds. The van der Waals surface area contributed by atoms with Gasteiger partial charge in [0.2, 0.25) is 0 Å². The Hall–Kier alpha value is -1.05. The molecule has 0 atom stereocenters. The van der Waals surface area contributed by atoms with Crippen LogP contribution >= 0.6 is 0 Å². The van der Waals surface area contributed by atoms with Crippen LogP contribution in [0.15, 0.2) is 24.3 Å². The monoisotopic (exact) mass is 154 g/mol. The fourth-order valence-corrected chi connectivity index (χ4v) is 0.574. The second-order valence-electron chi connectivity index (χ2n) is 1.96. The van der Waals surface area contributed by atoms with Crippen molar-refractivity contribution in [2.24, 2.45) is 0 Å². The molecule has 62 valence electrons. The predicted octanol–water partition coefficient (Wildman–Crippen LogP) is 2.07.